The lowest BCUT2D eigenvalue weighted by Crippen LogP contribution is -2.29. The Hall–Kier alpha value is -1.10. The summed E-state index contributed by atoms with van der Waals surface area (Å²) in [5.74, 6) is 0. The third kappa shape index (κ3) is 2.42. The summed E-state index contributed by atoms with van der Waals surface area (Å²) >= 11 is 0. The number of nitrogens with zero attached hydrogens (tertiary/aromatic N) is 1. The van der Waals surface area contributed by atoms with Crippen LogP contribution in [0.2, 0.25) is 0 Å². The zero-order chi connectivity index (χ0) is 10.1. The number of aryl methyl sites for hydroxylation is 1. The normalized spacial score (nSPS) is 14.2. The lowest BCUT2D eigenvalue weighted by atomic mass is 10.2. The highest BCUT2D eigenvalue weighted by Gasteiger charge is 2.38. The second-order valence-corrected chi connectivity index (χ2v) is 2.78. The molecular formula is C8H9F3N2. The minimum Gasteiger partial charge on any atom is -0.315 e. The van der Waals surface area contributed by atoms with Crippen LogP contribution in [0.1, 0.15) is 17.3 Å². The smallest absolute Gasteiger partial charge is 0.315 e. The summed E-state index contributed by atoms with van der Waals surface area (Å²) in [7, 11) is 0. The first-order chi connectivity index (χ1) is 5.91. The molecule has 0 radical (unpaired) electrons. The largest absolute Gasteiger partial charge is 0.409 e. The topological polar surface area (TPSA) is 38.9 Å². The standard InChI is InChI=1S/C8H9F3N2/c1-5-2-3-6(13-4-5)7(12)8(9,10)11/h2-4,7H,12H2,1H3. The second kappa shape index (κ2) is 3.33. The molecule has 2 N–H and O–H groups in total. The van der Waals surface area contributed by atoms with Crippen molar-refractivity contribution in [3.8, 4) is 0 Å². The Bertz CT molecular complexity index is 278. The molecule has 1 atom stereocenters. The molecule has 0 bridgehead atoms. The summed E-state index contributed by atoms with van der Waals surface area (Å²) in [5, 5.41) is 0. The predicted octanol–water partition coefficient (Wildman–Crippen LogP) is 1.95. The molecular weight excluding hydrogens is 181 g/mol. The number of aromatic nitrogens is 1. The Morgan fingerprint density at radius 1 is 1.38 bits per heavy atom. The monoisotopic (exact) mass is 190 g/mol. The van der Waals surface area contributed by atoms with Gasteiger partial charge in [-0.25, -0.2) is 0 Å². The summed E-state index contributed by atoms with van der Waals surface area (Å²) in [6.07, 6.45) is -3.07. The van der Waals surface area contributed by atoms with Crippen molar-refractivity contribution in [1.29, 1.82) is 0 Å². The minimum atomic E-state index is -4.43. The Kier molecular flexibility index (Phi) is 2.56. The summed E-state index contributed by atoms with van der Waals surface area (Å²) in [6, 6.07) is 0.842. The molecule has 5 heteroatoms. The number of halogens is 3. The zero-order valence-corrected chi connectivity index (χ0v) is 6.97. The maximum atomic E-state index is 12.1. The van der Waals surface area contributed by atoms with Gasteiger partial charge in [0.25, 0.3) is 0 Å². The Morgan fingerprint density at radius 2 is 2.00 bits per heavy atom. The fourth-order valence-electron chi connectivity index (χ4n) is 0.831. The van der Waals surface area contributed by atoms with E-state index in [1.807, 2.05) is 0 Å². The first kappa shape index (κ1) is 9.98. The van der Waals surface area contributed by atoms with E-state index >= 15 is 0 Å². The van der Waals surface area contributed by atoms with E-state index in [-0.39, 0.29) is 5.69 Å². The highest BCUT2D eigenvalue weighted by Crippen LogP contribution is 2.28. The number of hydrogen-bond donors (Lipinski definition) is 1. The van der Waals surface area contributed by atoms with Crippen LogP contribution in [-0.2, 0) is 0 Å². The molecule has 13 heavy (non-hydrogen) atoms. The first-order valence-corrected chi connectivity index (χ1v) is 3.66. The quantitative estimate of drug-likeness (QED) is 0.735. The maximum absolute atomic E-state index is 12.1. The average Bonchev–Trinajstić information content (AvgIpc) is 2.03. The van der Waals surface area contributed by atoms with Crippen LogP contribution in [-0.4, -0.2) is 11.2 Å². The van der Waals surface area contributed by atoms with Crippen molar-refractivity contribution in [2.24, 2.45) is 5.73 Å². The van der Waals surface area contributed by atoms with Gasteiger partial charge in [0.1, 0.15) is 6.04 Å². The number of hydrogen-bond acceptors (Lipinski definition) is 2. The zero-order valence-electron chi connectivity index (χ0n) is 6.97. The number of rotatable bonds is 1. The van der Waals surface area contributed by atoms with E-state index in [0.717, 1.165) is 5.56 Å². The molecule has 1 heterocycles. The van der Waals surface area contributed by atoms with Gasteiger partial charge in [0, 0.05) is 6.20 Å². The predicted molar refractivity (Wildman–Crippen MR) is 42.0 cm³/mol. The van der Waals surface area contributed by atoms with Crippen molar-refractivity contribution in [2.75, 3.05) is 0 Å². The van der Waals surface area contributed by atoms with Gasteiger partial charge in [0.15, 0.2) is 0 Å². The van der Waals surface area contributed by atoms with Gasteiger partial charge in [-0.05, 0) is 18.6 Å². The SMILES string of the molecule is Cc1ccc(C(N)C(F)(F)F)nc1. The van der Waals surface area contributed by atoms with E-state index in [2.05, 4.69) is 4.98 Å². The van der Waals surface area contributed by atoms with E-state index in [1.54, 1.807) is 13.0 Å². The highest BCUT2D eigenvalue weighted by atomic mass is 19.4. The third-order valence-corrected chi connectivity index (χ3v) is 1.61. The van der Waals surface area contributed by atoms with E-state index in [9.17, 15) is 13.2 Å². The molecule has 1 aromatic rings. The van der Waals surface area contributed by atoms with Gasteiger partial charge in [0.2, 0.25) is 0 Å². The van der Waals surface area contributed by atoms with Crippen LogP contribution in [0.4, 0.5) is 13.2 Å². The van der Waals surface area contributed by atoms with E-state index in [4.69, 9.17) is 5.73 Å². The lowest BCUT2D eigenvalue weighted by molar-refractivity contribution is -0.150. The van der Waals surface area contributed by atoms with Crippen LogP contribution in [0.25, 0.3) is 0 Å². The molecule has 1 rings (SSSR count). The average molecular weight is 190 g/mol. The second-order valence-electron chi connectivity index (χ2n) is 2.78. The summed E-state index contributed by atoms with van der Waals surface area (Å²) in [5.41, 5.74) is 5.58. The molecule has 0 saturated carbocycles. The van der Waals surface area contributed by atoms with Crippen LogP contribution in [0.5, 0.6) is 0 Å². The Balaban J connectivity index is 2.90. The summed E-state index contributed by atoms with van der Waals surface area (Å²) < 4.78 is 36.2. The molecule has 0 fully saturated rings. The molecule has 0 aliphatic rings. The van der Waals surface area contributed by atoms with Gasteiger partial charge in [-0.15, -0.1) is 0 Å². The van der Waals surface area contributed by atoms with Gasteiger partial charge in [0.05, 0.1) is 5.69 Å². The Morgan fingerprint density at radius 3 is 2.38 bits per heavy atom. The third-order valence-electron chi connectivity index (χ3n) is 1.61. The van der Waals surface area contributed by atoms with Crippen LogP contribution in [0, 0.1) is 6.92 Å². The number of nitrogens with two attached hydrogens (primary N) is 1. The van der Waals surface area contributed by atoms with Crippen molar-refractivity contribution in [3.63, 3.8) is 0 Å². The number of alkyl halides is 3. The van der Waals surface area contributed by atoms with Crippen LogP contribution in [0.15, 0.2) is 18.3 Å². The van der Waals surface area contributed by atoms with Crippen LogP contribution >= 0.6 is 0 Å². The van der Waals surface area contributed by atoms with Gasteiger partial charge in [-0.3, -0.25) is 4.98 Å². The maximum Gasteiger partial charge on any atom is 0.409 e. The van der Waals surface area contributed by atoms with Gasteiger partial charge < -0.3 is 5.73 Å². The molecule has 0 aromatic carbocycles. The van der Waals surface area contributed by atoms with E-state index < -0.39 is 12.2 Å². The molecule has 72 valence electrons. The molecule has 0 amide bonds. The van der Waals surface area contributed by atoms with Gasteiger partial charge in [-0.1, -0.05) is 6.07 Å². The van der Waals surface area contributed by atoms with E-state index in [0.29, 0.717) is 0 Å². The van der Waals surface area contributed by atoms with E-state index in [1.165, 1.54) is 12.3 Å². The van der Waals surface area contributed by atoms with Gasteiger partial charge >= 0.3 is 6.18 Å². The van der Waals surface area contributed by atoms with Crippen LogP contribution in [0.3, 0.4) is 0 Å². The van der Waals surface area contributed by atoms with Crippen LogP contribution < -0.4 is 5.73 Å². The van der Waals surface area contributed by atoms with Crippen molar-refractivity contribution in [3.05, 3.63) is 29.6 Å². The fourth-order valence-corrected chi connectivity index (χ4v) is 0.831. The fraction of sp³-hybridized carbons (Fsp3) is 0.375. The van der Waals surface area contributed by atoms with Crippen molar-refractivity contribution in [2.45, 2.75) is 19.1 Å². The minimum absolute atomic E-state index is 0.155. The lowest BCUT2D eigenvalue weighted by Gasteiger charge is -2.14. The highest BCUT2D eigenvalue weighted by molar-refractivity contribution is 5.15. The van der Waals surface area contributed by atoms with Gasteiger partial charge in [-0.2, -0.15) is 13.2 Å². The molecule has 0 aliphatic heterocycles. The van der Waals surface area contributed by atoms with Crippen molar-refractivity contribution < 1.29 is 13.2 Å². The summed E-state index contributed by atoms with van der Waals surface area (Å²) in [6.45, 7) is 1.75. The molecule has 0 saturated heterocycles. The molecule has 0 spiro atoms. The molecule has 1 unspecified atom stereocenters. The Labute approximate surface area is 73.6 Å². The molecule has 2 nitrogen and oxygen atoms in total. The van der Waals surface area contributed by atoms with Crippen molar-refractivity contribution >= 4 is 0 Å². The first-order valence-electron chi connectivity index (χ1n) is 3.66. The number of pyridine rings is 1. The molecule has 0 aliphatic carbocycles. The molecule has 1 aromatic heterocycles. The van der Waals surface area contributed by atoms with Crippen molar-refractivity contribution in [1.82, 2.24) is 4.98 Å². The summed E-state index contributed by atoms with van der Waals surface area (Å²) in [4.78, 5) is 3.60.